The van der Waals surface area contributed by atoms with Crippen molar-refractivity contribution >= 4 is 61.3 Å². The van der Waals surface area contributed by atoms with E-state index in [9.17, 15) is 37.1 Å². The molecule has 77 heavy (non-hydrogen) atoms. The molecule has 5 aromatic heterocycles. The molecule has 406 valence electrons. The first-order valence-corrected chi connectivity index (χ1v) is 28.6. The standard InChI is InChI=1S/C55H61F2N9O9S2/c1-31(2)47(54(70)66-27-38(67)20-44(66)53(69)61-23-33-12-14-34(15-13-33)50-32(3)62-30-76-50)45-22-46(63-75-45)74-17-11-9-7-6-8-10-16-58-52(68)39-21-43-40(18-35(39)29-77(5,72)73)41-28-64(4)55(71)49-48(41)36(24-59-49)26-65(43)51-42(57)19-37(56)25-60-51/h12-15,18-19,21-22,24-25,28,30-31,38,44,47,59,67H,6-11,16-17,20,23,26-27,29H2,1-5H3,(H,58,68)(H,61,69)/t38-,44+,47+/m1/s1. The summed E-state index contributed by atoms with van der Waals surface area (Å²) in [5.41, 5.74) is 6.90. The number of hydrogen-bond acceptors (Lipinski definition) is 14. The van der Waals surface area contributed by atoms with Crippen LogP contribution in [0.1, 0.15) is 103 Å². The van der Waals surface area contributed by atoms with Gasteiger partial charge in [-0.2, -0.15) is 0 Å². The number of benzene rings is 2. The number of H-pyrrole nitrogens is 1. The van der Waals surface area contributed by atoms with E-state index in [1.165, 1.54) is 20.4 Å². The Hall–Kier alpha value is -7.30. The Labute approximate surface area is 447 Å². The number of hydrogen-bond donors (Lipinski definition) is 4. The number of carbonyl (C=O) groups excluding carboxylic acids is 3. The van der Waals surface area contributed by atoms with Crippen LogP contribution in [0.5, 0.6) is 5.88 Å². The summed E-state index contributed by atoms with van der Waals surface area (Å²) in [5, 5.41) is 21.1. The predicted molar refractivity (Wildman–Crippen MR) is 287 cm³/mol. The Balaban J connectivity index is 0.756. The number of aryl methyl sites for hydroxylation is 2. The lowest BCUT2D eigenvalue weighted by molar-refractivity contribution is -0.141. The van der Waals surface area contributed by atoms with E-state index in [0.717, 1.165) is 66.3 Å². The molecule has 2 aliphatic rings. The van der Waals surface area contributed by atoms with Crippen LogP contribution < -0.4 is 25.8 Å². The third-order valence-corrected chi connectivity index (χ3v) is 15.9. The quantitative estimate of drug-likeness (QED) is 0.0500. The van der Waals surface area contributed by atoms with Gasteiger partial charge in [-0.05, 0) is 65.2 Å². The third-order valence-electron chi connectivity index (χ3n) is 14.1. The number of rotatable bonds is 21. The maximum Gasteiger partial charge on any atom is 0.274 e. The van der Waals surface area contributed by atoms with Crippen molar-refractivity contribution in [3.05, 3.63) is 128 Å². The first kappa shape index (κ1) is 54.5. The molecule has 3 amide bonds. The van der Waals surface area contributed by atoms with E-state index in [2.05, 4.69) is 30.7 Å². The van der Waals surface area contributed by atoms with E-state index >= 15 is 4.39 Å². The molecular weight excluding hydrogens is 1030 g/mol. The van der Waals surface area contributed by atoms with Gasteiger partial charge in [0.05, 0.1) is 53.0 Å². The number of unbranched alkanes of at least 4 members (excludes halogenated alkanes) is 5. The largest absolute Gasteiger partial charge is 0.476 e. The normalized spacial score (nSPS) is 15.7. The van der Waals surface area contributed by atoms with Gasteiger partial charge in [0.15, 0.2) is 27.2 Å². The average Bonchev–Trinajstić information content (AvgIpc) is 4.22. The number of halogens is 2. The van der Waals surface area contributed by atoms with Crippen molar-refractivity contribution in [1.29, 1.82) is 0 Å². The lowest BCUT2D eigenvalue weighted by Gasteiger charge is -2.28. The molecule has 18 nitrogen and oxygen atoms in total. The molecule has 7 aromatic rings. The number of likely N-dealkylation sites (tertiary alicyclic amines) is 1. The van der Waals surface area contributed by atoms with Crippen LogP contribution in [0, 0.1) is 24.5 Å². The summed E-state index contributed by atoms with van der Waals surface area (Å²) < 4.78 is 68.2. The van der Waals surface area contributed by atoms with Gasteiger partial charge in [-0.25, -0.2) is 27.2 Å². The summed E-state index contributed by atoms with van der Waals surface area (Å²) in [7, 11) is -2.09. The molecule has 22 heteroatoms. The van der Waals surface area contributed by atoms with Crippen molar-refractivity contribution in [2.24, 2.45) is 13.0 Å². The summed E-state index contributed by atoms with van der Waals surface area (Å²) in [4.78, 5) is 70.2. The molecule has 0 bridgehead atoms. The molecule has 9 rings (SSSR count). The van der Waals surface area contributed by atoms with Crippen LogP contribution in [0.2, 0.25) is 0 Å². The third kappa shape index (κ3) is 12.1. The highest BCUT2D eigenvalue weighted by Crippen LogP contribution is 2.45. The number of nitrogens with one attached hydrogen (secondary N) is 3. The highest BCUT2D eigenvalue weighted by atomic mass is 32.2. The van der Waals surface area contributed by atoms with Crippen LogP contribution in [0.25, 0.3) is 32.5 Å². The molecule has 3 atom stereocenters. The number of sulfone groups is 1. The second kappa shape index (κ2) is 23.1. The number of thiazole rings is 1. The number of carbonyl (C=O) groups is 3. The molecule has 2 aliphatic heterocycles. The van der Waals surface area contributed by atoms with E-state index < -0.39 is 51.2 Å². The number of pyridine rings is 2. The van der Waals surface area contributed by atoms with E-state index in [1.807, 2.05) is 50.5 Å². The van der Waals surface area contributed by atoms with Gasteiger partial charge in [-0.3, -0.25) is 19.2 Å². The molecular formula is C55H61F2N9O9S2. The first-order chi connectivity index (χ1) is 36.8. The van der Waals surface area contributed by atoms with Crippen molar-refractivity contribution in [2.75, 3.05) is 30.9 Å². The zero-order valence-electron chi connectivity index (χ0n) is 43.4. The van der Waals surface area contributed by atoms with Crippen molar-refractivity contribution in [2.45, 2.75) is 103 Å². The number of anilines is 2. The Morgan fingerprint density at radius 3 is 2.47 bits per heavy atom. The predicted octanol–water partition coefficient (Wildman–Crippen LogP) is 7.99. The van der Waals surface area contributed by atoms with Crippen molar-refractivity contribution < 1.29 is 45.9 Å². The molecule has 0 unspecified atom stereocenters. The van der Waals surface area contributed by atoms with Gasteiger partial charge in [-0.1, -0.05) is 63.8 Å². The number of aliphatic hydroxyl groups is 1. The Bertz CT molecular complexity index is 3500. The summed E-state index contributed by atoms with van der Waals surface area (Å²) in [5.74, 6) is -4.19. The first-order valence-electron chi connectivity index (χ1n) is 25.6. The summed E-state index contributed by atoms with van der Waals surface area (Å²) in [6, 6.07) is 12.4. The Morgan fingerprint density at radius 2 is 1.75 bits per heavy atom. The fourth-order valence-corrected chi connectivity index (χ4v) is 11.9. The van der Waals surface area contributed by atoms with Gasteiger partial charge < -0.3 is 44.4 Å². The summed E-state index contributed by atoms with van der Waals surface area (Å²) in [6.45, 7) is 6.65. The molecule has 4 N–H and O–H groups in total. The SMILES string of the molecule is Cc1ncsc1-c1ccc(CNC(=O)[C@@H]2C[C@@H](O)CN2C(=O)[C@H](c2cc(OCCCCCCCCNC(=O)c3cc4c(cc3CS(C)(=O)=O)-c3cn(C)c(=O)c5[nH]cc(c35)CN4c3ncc(F)cc3F)no2)C(C)C)cc1. The molecule has 1 saturated heterocycles. The van der Waals surface area contributed by atoms with E-state index in [4.69, 9.17) is 9.26 Å². The highest BCUT2D eigenvalue weighted by Gasteiger charge is 2.43. The summed E-state index contributed by atoms with van der Waals surface area (Å²) >= 11 is 1.57. The maximum absolute atomic E-state index is 15.5. The van der Waals surface area contributed by atoms with Gasteiger partial charge in [0.1, 0.15) is 23.3 Å². The number of aromatic nitrogens is 5. The van der Waals surface area contributed by atoms with Gasteiger partial charge in [0, 0.05) is 86.0 Å². The lowest BCUT2D eigenvalue weighted by Crippen LogP contribution is -2.48. The number of ether oxygens (including phenoxy) is 1. The molecule has 0 saturated carbocycles. The minimum Gasteiger partial charge on any atom is -0.476 e. The van der Waals surface area contributed by atoms with Crippen LogP contribution in [0.3, 0.4) is 0 Å². The van der Waals surface area contributed by atoms with Gasteiger partial charge in [0.2, 0.25) is 11.8 Å². The van der Waals surface area contributed by atoms with Crippen LogP contribution in [0.15, 0.2) is 81.9 Å². The van der Waals surface area contributed by atoms with E-state index in [0.29, 0.717) is 64.7 Å². The number of aromatic amines is 1. The topological polar surface area (TPSA) is 235 Å². The average molecular weight is 1090 g/mol. The van der Waals surface area contributed by atoms with Crippen LogP contribution >= 0.6 is 11.3 Å². The van der Waals surface area contributed by atoms with Crippen LogP contribution in [-0.4, -0.2) is 98.9 Å². The fourth-order valence-electron chi connectivity index (χ4n) is 10.3. The van der Waals surface area contributed by atoms with Crippen molar-refractivity contribution in [1.82, 2.24) is 40.2 Å². The van der Waals surface area contributed by atoms with Gasteiger partial charge in [0.25, 0.3) is 17.3 Å². The minimum atomic E-state index is -3.67. The van der Waals surface area contributed by atoms with Gasteiger partial charge >= 0.3 is 0 Å². The molecule has 2 aromatic carbocycles. The van der Waals surface area contributed by atoms with E-state index in [-0.39, 0.29) is 72.2 Å². The number of fused-ring (bicyclic) bond motifs is 2. The second-order valence-electron chi connectivity index (χ2n) is 20.3. The Morgan fingerprint density at radius 1 is 1.00 bits per heavy atom. The maximum atomic E-state index is 15.5. The molecule has 0 radical (unpaired) electrons. The van der Waals surface area contributed by atoms with Gasteiger partial charge in [-0.15, -0.1) is 11.3 Å². The second-order valence-corrected chi connectivity index (χ2v) is 23.3. The van der Waals surface area contributed by atoms with Crippen molar-refractivity contribution in [3.8, 4) is 27.4 Å². The van der Waals surface area contributed by atoms with Crippen LogP contribution in [-0.2, 0) is 45.3 Å². The highest BCUT2D eigenvalue weighted by molar-refractivity contribution is 7.89. The van der Waals surface area contributed by atoms with Crippen molar-refractivity contribution in [3.63, 3.8) is 0 Å². The number of nitrogens with zero attached hydrogens (tertiary/aromatic N) is 6. The number of β-amino-alcohol motifs (C(OH)–C–C–N with tert-alkyl or cyclic N) is 1. The molecule has 0 aliphatic carbocycles. The summed E-state index contributed by atoms with van der Waals surface area (Å²) in [6.07, 6.45) is 9.21. The number of aliphatic hydroxyl groups excluding tert-OH is 1. The Kier molecular flexibility index (Phi) is 16.4. The fraction of sp³-hybridized carbons (Fsp3) is 0.400. The molecule has 0 spiro atoms. The zero-order chi connectivity index (χ0) is 54.7. The van der Waals surface area contributed by atoms with Crippen LogP contribution in [0.4, 0.5) is 20.3 Å². The number of amides is 3. The molecule has 7 heterocycles. The lowest BCUT2D eigenvalue weighted by atomic mass is 9.91. The monoisotopic (exact) mass is 1090 g/mol. The van der Waals surface area contributed by atoms with E-state index in [1.54, 1.807) is 42.9 Å². The minimum absolute atomic E-state index is 0.00694. The smallest absolute Gasteiger partial charge is 0.274 e. The molecule has 1 fully saturated rings. The zero-order valence-corrected chi connectivity index (χ0v) is 45.0.